The Balaban J connectivity index is 1.79. The lowest BCUT2D eigenvalue weighted by atomic mass is 10.3. The van der Waals surface area contributed by atoms with E-state index in [1.165, 1.54) is 23.5 Å². The number of hydrogen-bond acceptors (Lipinski definition) is 3. The van der Waals surface area contributed by atoms with Crippen LogP contribution in [0.2, 0.25) is 0 Å². The van der Waals surface area contributed by atoms with Gasteiger partial charge >= 0.3 is 0 Å². The summed E-state index contributed by atoms with van der Waals surface area (Å²) in [6.45, 7) is 5.95. The Morgan fingerprint density at radius 3 is 2.94 bits per heavy atom. The average Bonchev–Trinajstić information content (AvgIpc) is 3.06. The second kappa shape index (κ2) is 6.73. The summed E-state index contributed by atoms with van der Waals surface area (Å²) < 4.78 is 0. The molecule has 18 heavy (non-hydrogen) atoms. The zero-order valence-corrected chi connectivity index (χ0v) is 12.0. The van der Waals surface area contributed by atoms with Gasteiger partial charge in [-0.15, -0.1) is 11.3 Å². The van der Waals surface area contributed by atoms with Crippen molar-refractivity contribution in [2.45, 2.75) is 45.6 Å². The van der Waals surface area contributed by atoms with E-state index >= 15 is 0 Å². The van der Waals surface area contributed by atoms with Gasteiger partial charge in [-0.1, -0.05) is 6.92 Å². The standard InChI is InChI=1S/C13H22N4S/c1-3-12-16-11(9-18-12)7-8-15-13(14-4-2)17-10-5-6-10/h9-10H,3-8H2,1-2H3,(H2,14,15,17). The number of hydrogen-bond donors (Lipinski definition) is 2. The third-order valence-corrected chi connectivity index (χ3v) is 3.84. The number of aromatic nitrogens is 1. The Bertz CT molecular complexity index is 395. The number of rotatable bonds is 6. The molecule has 0 bridgehead atoms. The van der Waals surface area contributed by atoms with Crippen LogP contribution in [0.25, 0.3) is 0 Å². The predicted molar refractivity (Wildman–Crippen MR) is 77.3 cm³/mol. The number of thiazole rings is 1. The van der Waals surface area contributed by atoms with E-state index < -0.39 is 0 Å². The van der Waals surface area contributed by atoms with Crippen molar-refractivity contribution < 1.29 is 0 Å². The van der Waals surface area contributed by atoms with Gasteiger partial charge in [0, 0.05) is 30.9 Å². The molecule has 1 aromatic heterocycles. The Hall–Kier alpha value is -1.10. The van der Waals surface area contributed by atoms with Crippen LogP contribution in [0.3, 0.4) is 0 Å². The molecule has 1 aliphatic carbocycles. The van der Waals surface area contributed by atoms with E-state index in [1.807, 2.05) is 0 Å². The molecule has 0 saturated heterocycles. The number of aryl methyl sites for hydroxylation is 1. The fourth-order valence-corrected chi connectivity index (χ4v) is 2.43. The monoisotopic (exact) mass is 266 g/mol. The summed E-state index contributed by atoms with van der Waals surface area (Å²) in [5.74, 6) is 0.950. The van der Waals surface area contributed by atoms with Crippen LogP contribution >= 0.6 is 11.3 Å². The average molecular weight is 266 g/mol. The van der Waals surface area contributed by atoms with Gasteiger partial charge in [0.05, 0.1) is 10.7 Å². The molecule has 100 valence electrons. The molecule has 5 heteroatoms. The van der Waals surface area contributed by atoms with Crippen LogP contribution in [0.5, 0.6) is 0 Å². The maximum atomic E-state index is 4.58. The highest BCUT2D eigenvalue weighted by Crippen LogP contribution is 2.18. The van der Waals surface area contributed by atoms with Gasteiger partial charge in [0.15, 0.2) is 5.96 Å². The molecule has 2 N–H and O–H groups in total. The fraction of sp³-hybridized carbons (Fsp3) is 0.692. The van der Waals surface area contributed by atoms with E-state index in [1.54, 1.807) is 11.3 Å². The van der Waals surface area contributed by atoms with Gasteiger partial charge in [-0.25, -0.2) is 4.98 Å². The smallest absolute Gasteiger partial charge is 0.191 e. The van der Waals surface area contributed by atoms with Gasteiger partial charge in [-0.2, -0.15) is 0 Å². The van der Waals surface area contributed by atoms with Gasteiger partial charge in [0.25, 0.3) is 0 Å². The van der Waals surface area contributed by atoms with Crippen LogP contribution in [0.4, 0.5) is 0 Å². The summed E-state index contributed by atoms with van der Waals surface area (Å²) in [6, 6.07) is 0.647. The Morgan fingerprint density at radius 2 is 2.33 bits per heavy atom. The van der Waals surface area contributed by atoms with Crippen LogP contribution < -0.4 is 10.6 Å². The normalized spacial score (nSPS) is 15.8. The van der Waals surface area contributed by atoms with Crippen molar-refractivity contribution in [3.05, 3.63) is 16.1 Å². The second-order valence-corrected chi connectivity index (χ2v) is 5.46. The first-order valence-electron chi connectivity index (χ1n) is 6.80. The van der Waals surface area contributed by atoms with E-state index in [2.05, 4.69) is 39.8 Å². The lowest BCUT2D eigenvalue weighted by Gasteiger charge is -2.09. The van der Waals surface area contributed by atoms with Crippen molar-refractivity contribution in [2.75, 3.05) is 13.1 Å². The highest BCUT2D eigenvalue weighted by Gasteiger charge is 2.21. The van der Waals surface area contributed by atoms with Crippen molar-refractivity contribution >= 4 is 17.3 Å². The Kier molecular flexibility index (Phi) is 4.99. The largest absolute Gasteiger partial charge is 0.357 e. The molecule has 1 heterocycles. The summed E-state index contributed by atoms with van der Waals surface area (Å²) in [7, 11) is 0. The van der Waals surface area contributed by atoms with Gasteiger partial charge in [-0.3, -0.25) is 4.99 Å². The first kappa shape index (κ1) is 13.3. The molecule has 1 saturated carbocycles. The minimum Gasteiger partial charge on any atom is -0.357 e. The third-order valence-electron chi connectivity index (χ3n) is 2.80. The minimum absolute atomic E-state index is 0.647. The minimum atomic E-state index is 0.647. The molecule has 0 amide bonds. The van der Waals surface area contributed by atoms with Crippen molar-refractivity contribution in [3.63, 3.8) is 0 Å². The predicted octanol–water partition coefficient (Wildman–Crippen LogP) is 1.97. The van der Waals surface area contributed by atoms with Gasteiger partial charge in [-0.05, 0) is 26.2 Å². The van der Waals surface area contributed by atoms with Gasteiger partial charge in [0.2, 0.25) is 0 Å². The number of guanidine groups is 1. The molecule has 0 aromatic carbocycles. The summed E-state index contributed by atoms with van der Waals surface area (Å²) >= 11 is 1.75. The van der Waals surface area contributed by atoms with Crippen LogP contribution in [0.15, 0.2) is 10.4 Å². The first-order chi connectivity index (χ1) is 8.81. The van der Waals surface area contributed by atoms with Gasteiger partial charge in [0.1, 0.15) is 0 Å². The van der Waals surface area contributed by atoms with E-state index in [4.69, 9.17) is 0 Å². The number of nitrogens with one attached hydrogen (secondary N) is 2. The SMILES string of the molecule is CCNC(=NCCc1csc(CC)n1)NC1CC1. The molecular formula is C13H22N4S. The topological polar surface area (TPSA) is 49.3 Å². The van der Waals surface area contributed by atoms with Crippen molar-refractivity contribution in [2.24, 2.45) is 4.99 Å². The highest BCUT2D eigenvalue weighted by molar-refractivity contribution is 7.09. The number of aliphatic imine (C=N–C) groups is 1. The molecule has 0 aliphatic heterocycles. The Morgan fingerprint density at radius 1 is 1.50 bits per heavy atom. The molecule has 0 unspecified atom stereocenters. The Labute approximate surface area is 113 Å². The lowest BCUT2D eigenvalue weighted by molar-refractivity contribution is 0.805. The second-order valence-electron chi connectivity index (χ2n) is 4.52. The molecular weight excluding hydrogens is 244 g/mol. The molecule has 0 atom stereocenters. The highest BCUT2D eigenvalue weighted by atomic mass is 32.1. The summed E-state index contributed by atoms with van der Waals surface area (Å²) in [5.41, 5.74) is 1.17. The van der Waals surface area contributed by atoms with Crippen LogP contribution in [-0.2, 0) is 12.8 Å². The summed E-state index contributed by atoms with van der Waals surface area (Å²) in [5, 5.41) is 10.1. The van der Waals surface area contributed by atoms with Gasteiger partial charge < -0.3 is 10.6 Å². The zero-order valence-electron chi connectivity index (χ0n) is 11.2. The molecule has 0 radical (unpaired) electrons. The molecule has 1 fully saturated rings. The molecule has 4 nitrogen and oxygen atoms in total. The zero-order chi connectivity index (χ0) is 12.8. The van der Waals surface area contributed by atoms with Crippen LogP contribution in [-0.4, -0.2) is 30.1 Å². The first-order valence-corrected chi connectivity index (χ1v) is 7.68. The molecule has 1 aromatic rings. The van der Waals surface area contributed by atoms with Crippen LogP contribution in [0.1, 0.15) is 37.4 Å². The maximum Gasteiger partial charge on any atom is 0.191 e. The molecule has 1 aliphatic rings. The quantitative estimate of drug-likeness (QED) is 0.611. The van der Waals surface area contributed by atoms with Crippen molar-refractivity contribution in [1.82, 2.24) is 15.6 Å². The maximum absolute atomic E-state index is 4.58. The fourth-order valence-electron chi connectivity index (χ4n) is 1.65. The third kappa shape index (κ3) is 4.29. The lowest BCUT2D eigenvalue weighted by Crippen LogP contribution is -2.38. The van der Waals surface area contributed by atoms with E-state index in [9.17, 15) is 0 Å². The number of nitrogens with zero attached hydrogens (tertiary/aromatic N) is 2. The van der Waals surface area contributed by atoms with E-state index in [0.29, 0.717) is 6.04 Å². The molecule has 2 rings (SSSR count). The molecule has 0 spiro atoms. The van der Waals surface area contributed by atoms with E-state index in [-0.39, 0.29) is 0 Å². The summed E-state index contributed by atoms with van der Waals surface area (Å²) in [6.07, 6.45) is 4.50. The van der Waals surface area contributed by atoms with Crippen molar-refractivity contribution in [3.8, 4) is 0 Å². The summed E-state index contributed by atoms with van der Waals surface area (Å²) in [4.78, 5) is 9.14. The van der Waals surface area contributed by atoms with E-state index in [0.717, 1.165) is 31.9 Å². The van der Waals surface area contributed by atoms with Crippen molar-refractivity contribution in [1.29, 1.82) is 0 Å². The van der Waals surface area contributed by atoms with Crippen LogP contribution in [0, 0.1) is 0 Å².